The van der Waals surface area contributed by atoms with Crippen molar-refractivity contribution in [2.45, 2.75) is 39.5 Å². The van der Waals surface area contributed by atoms with Gasteiger partial charge in [-0.3, -0.25) is 0 Å². The van der Waals surface area contributed by atoms with E-state index in [9.17, 15) is 0 Å². The number of fused-ring (bicyclic) bond motifs is 6. The van der Waals surface area contributed by atoms with E-state index in [1.54, 1.807) is 22.3 Å². The summed E-state index contributed by atoms with van der Waals surface area (Å²) < 4.78 is 0. The topological polar surface area (TPSA) is 0 Å². The summed E-state index contributed by atoms with van der Waals surface area (Å²) in [5.41, 5.74) is 17.9. The van der Waals surface area contributed by atoms with Gasteiger partial charge in [-0.25, -0.2) is 0 Å². The third-order valence-electron chi connectivity index (χ3n) is 7.31. The van der Waals surface area contributed by atoms with Crippen molar-refractivity contribution >= 4 is 0 Å². The van der Waals surface area contributed by atoms with Gasteiger partial charge in [-0.05, 0) is 106 Å². The zero-order valence-corrected chi connectivity index (χ0v) is 17.8. The number of hydrogen-bond acceptors (Lipinski definition) is 0. The Balaban J connectivity index is 1.37. The minimum atomic E-state index is 1.08. The van der Waals surface area contributed by atoms with E-state index >= 15 is 0 Å². The molecule has 0 heterocycles. The highest BCUT2D eigenvalue weighted by molar-refractivity contribution is 5.80. The maximum absolute atomic E-state index is 2.34. The molecule has 4 aromatic carbocycles. The molecule has 146 valence electrons. The highest BCUT2D eigenvalue weighted by Gasteiger charge is 2.24. The molecule has 2 aliphatic carbocycles. The summed E-state index contributed by atoms with van der Waals surface area (Å²) in [7, 11) is 0. The van der Waals surface area contributed by atoms with Crippen LogP contribution in [0.5, 0.6) is 0 Å². The van der Waals surface area contributed by atoms with E-state index in [-0.39, 0.29) is 0 Å². The van der Waals surface area contributed by atoms with Gasteiger partial charge in [-0.15, -0.1) is 0 Å². The minimum Gasteiger partial charge on any atom is -0.0619 e. The second kappa shape index (κ2) is 6.71. The van der Waals surface area contributed by atoms with Gasteiger partial charge in [0.25, 0.3) is 0 Å². The molecule has 0 radical (unpaired) electrons. The van der Waals surface area contributed by atoms with Crippen LogP contribution in [-0.4, -0.2) is 0 Å². The van der Waals surface area contributed by atoms with Crippen LogP contribution < -0.4 is 0 Å². The van der Waals surface area contributed by atoms with Crippen molar-refractivity contribution in [3.8, 4) is 22.3 Å². The van der Waals surface area contributed by atoms with Gasteiger partial charge in [-0.1, -0.05) is 72.8 Å². The highest BCUT2D eigenvalue weighted by atomic mass is 14.3. The van der Waals surface area contributed by atoms with Crippen molar-refractivity contribution in [2.24, 2.45) is 0 Å². The van der Waals surface area contributed by atoms with Crippen molar-refractivity contribution in [1.82, 2.24) is 0 Å². The van der Waals surface area contributed by atoms with Gasteiger partial charge < -0.3 is 0 Å². The molecule has 0 bridgehead atoms. The lowest BCUT2D eigenvalue weighted by molar-refractivity contribution is 0.910. The minimum absolute atomic E-state index is 1.08. The highest BCUT2D eigenvalue weighted by Crippen LogP contribution is 2.42. The van der Waals surface area contributed by atoms with E-state index < -0.39 is 0 Å². The fourth-order valence-corrected chi connectivity index (χ4v) is 5.73. The molecule has 2 aliphatic rings. The molecule has 6 rings (SSSR count). The van der Waals surface area contributed by atoms with Gasteiger partial charge >= 0.3 is 0 Å². The summed E-state index contributed by atoms with van der Waals surface area (Å²) in [6, 6.07) is 27.2. The van der Waals surface area contributed by atoms with Crippen LogP contribution in [0.3, 0.4) is 0 Å². The Hall–Kier alpha value is -3.12. The molecule has 0 spiro atoms. The molecule has 0 aliphatic heterocycles. The van der Waals surface area contributed by atoms with E-state index in [1.807, 2.05) is 0 Å². The predicted molar refractivity (Wildman–Crippen MR) is 126 cm³/mol. The van der Waals surface area contributed by atoms with Crippen LogP contribution in [0.15, 0.2) is 72.8 Å². The van der Waals surface area contributed by atoms with Gasteiger partial charge in [0.1, 0.15) is 0 Å². The normalized spacial score (nSPS) is 13.0. The van der Waals surface area contributed by atoms with Crippen LogP contribution >= 0.6 is 0 Å². The van der Waals surface area contributed by atoms with E-state index in [0.717, 1.165) is 25.7 Å². The molecule has 0 fully saturated rings. The molecular formula is C30H26. The number of benzene rings is 4. The van der Waals surface area contributed by atoms with Crippen molar-refractivity contribution in [1.29, 1.82) is 0 Å². The van der Waals surface area contributed by atoms with Crippen molar-refractivity contribution < 1.29 is 0 Å². The predicted octanol–water partition coefficient (Wildman–Crippen LogP) is 7.23. The quantitative estimate of drug-likeness (QED) is 0.301. The van der Waals surface area contributed by atoms with Crippen LogP contribution in [0, 0.1) is 13.8 Å². The smallest absolute Gasteiger partial charge is 0.00106 e. The molecule has 4 aromatic rings. The fourth-order valence-electron chi connectivity index (χ4n) is 5.73. The van der Waals surface area contributed by atoms with Crippen LogP contribution in [0.1, 0.15) is 44.5 Å². The fraction of sp³-hybridized carbons (Fsp3) is 0.200. The molecule has 0 nitrogen and oxygen atoms in total. The average Bonchev–Trinajstić information content (AvgIpc) is 3.32. The Morgan fingerprint density at radius 3 is 1.40 bits per heavy atom. The monoisotopic (exact) mass is 386 g/mol. The van der Waals surface area contributed by atoms with E-state index in [0.29, 0.717) is 0 Å². The summed E-state index contributed by atoms with van der Waals surface area (Å²) in [6.45, 7) is 4.58. The summed E-state index contributed by atoms with van der Waals surface area (Å²) in [5.74, 6) is 0. The van der Waals surface area contributed by atoms with E-state index in [2.05, 4.69) is 86.6 Å². The van der Waals surface area contributed by atoms with E-state index in [1.165, 1.54) is 44.5 Å². The third kappa shape index (κ3) is 2.60. The van der Waals surface area contributed by atoms with Crippen molar-refractivity contribution in [3.63, 3.8) is 0 Å². The molecule has 0 aromatic heterocycles. The molecule has 0 saturated heterocycles. The van der Waals surface area contributed by atoms with Crippen molar-refractivity contribution in [2.75, 3.05) is 0 Å². The molecule has 0 atom stereocenters. The van der Waals surface area contributed by atoms with Gasteiger partial charge in [0, 0.05) is 0 Å². The largest absolute Gasteiger partial charge is 0.0619 e. The van der Waals surface area contributed by atoms with Crippen LogP contribution in [-0.2, 0) is 25.7 Å². The summed E-state index contributed by atoms with van der Waals surface area (Å²) in [6.07, 6.45) is 4.41. The first-order chi connectivity index (χ1) is 14.7. The van der Waals surface area contributed by atoms with Crippen LogP contribution in [0.4, 0.5) is 0 Å². The van der Waals surface area contributed by atoms with Crippen LogP contribution in [0.2, 0.25) is 0 Å². The van der Waals surface area contributed by atoms with Crippen LogP contribution in [0.25, 0.3) is 22.3 Å². The van der Waals surface area contributed by atoms with Gasteiger partial charge in [0.2, 0.25) is 0 Å². The van der Waals surface area contributed by atoms with Gasteiger partial charge in [0.05, 0.1) is 0 Å². The Morgan fingerprint density at radius 2 is 0.933 bits per heavy atom. The standard InChI is InChI=1S/C30H26/c1-19-11-13-27-25-9-5-3-7-21(25)17-29(27)23(19)15-16-24-20(2)12-14-28-26-10-6-4-8-22(26)18-30(24)28/h3-14H,15-18H2,1-2H3. The molecule has 0 heteroatoms. The van der Waals surface area contributed by atoms with E-state index in [4.69, 9.17) is 0 Å². The Bertz CT molecular complexity index is 1200. The third-order valence-corrected chi connectivity index (χ3v) is 7.31. The maximum Gasteiger partial charge on any atom is -0.00106 e. The number of aryl methyl sites for hydroxylation is 2. The SMILES string of the molecule is Cc1ccc2c(c1CCc1c(C)ccc3c1Cc1ccccc1-3)Cc1ccccc1-2. The average molecular weight is 387 g/mol. The molecule has 0 unspecified atom stereocenters. The second-order valence-corrected chi connectivity index (χ2v) is 8.94. The lowest BCUT2D eigenvalue weighted by atomic mass is 9.88. The summed E-state index contributed by atoms with van der Waals surface area (Å²) in [4.78, 5) is 0. The molecular weight excluding hydrogens is 360 g/mol. The van der Waals surface area contributed by atoms with Crippen molar-refractivity contribution in [3.05, 3.63) is 117 Å². The van der Waals surface area contributed by atoms with Gasteiger partial charge in [-0.2, -0.15) is 0 Å². The maximum atomic E-state index is 2.34. The zero-order valence-electron chi connectivity index (χ0n) is 17.8. The Morgan fingerprint density at radius 1 is 0.500 bits per heavy atom. The molecule has 0 saturated carbocycles. The Labute approximate surface area is 179 Å². The Kier molecular flexibility index (Phi) is 3.96. The zero-order chi connectivity index (χ0) is 20.2. The first-order valence-electron chi connectivity index (χ1n) is 11.1. The second-order valence-electron chi connectivity index (χ2n) is 8.94. The lowest BCUT2D eigenvalue weighted by Crippen LogP contribution is -2.03. The lowest BCUT2D eigenvalue weighted by Gasteiger charge is -2.16. The molecule has 0 amide bonds. The van der Waals surface area contributed by atoms with Gasteiger partial charge in [0.15, 0.2) is 0 Å². The first kappa shape index (κ1) is 17.7. The number of hydrogen-bond donors (Lipinski definition) is 0. The summed E-state index contributed by atoms with van der Waals surface area (Å²) >= 11 is 0. The molecule has 30 heavy (non-hydrogen) atoms. The number of rotatable bonds is 3. The summed E-state index contributed by atoms with van der Waals surface area (Å²) in [5, 5.41) is 0. The first-order valence-corrected chi connectivity index (χ1v) is 11.1. The molecule has 0 N–H and O–H groups in total.